The molecule has 1 aliphatic rings. The highest BCUT2D eigenvalue weighted by molar-refractivity contribution is 7.89. The van der Waals surface area contributed by atoms with Crippen molar-refractivity contribution in [2.45, 2.75) is 31.6 Å². The first kappa shape index (κ1) is 20.2. The van der Waals surface area contributed by atoms with E-state index < -0.39 is 10.0 Å². The lowest BCUT2D eigenvalue weighted by Gasteiger charge is -2.09. The van der Waals surface area contributed by atoms with Gasteiger partial charge in [-0.25, -0.2) is 22.8 Å². The van der Waals surface area contributed by atoms with Crippen LogP contribution in [0.5, 0.6) is 0 Å². The van der Waals surface area contributed by atoms with E-state index in [1.54, 1.807) is 28.9 Å². The standard InChI is InChI=1S/C21H23N5O3S/c1-14-11-15(2)26(25-14)20-10-5-17(13-22-20)21(27)24-18-6-8-19(9-7-18)30(28,29)23-12-16-3-4-16/h5-11,13,16,23H,3-4,12H2,1-2H3,(H,24,27). The Hall–Kier alpha value is -3.04. The topological polar surface area (TPSA) is 106 Å². The summed E-state index contributed by atoms with van der Waals surface area (Å²) in [5.41, 5.74) is 2.75. The molecule has 2 heterocycles. The smallest absolute Gasteiger partial charge is 0.257 e. The van der Waals surface area contributed by atoms with Gasteiger partial charge in [0.1, 0.15) is 0 Å². The fraction of sp³-hybridized carbons (Fsp3) is 0.286. The lowest BCUT2D eigenvalue weighted by Crippen LogP contribution is -2.25. The minimum absolute atomic E-state index is 0.178. The number of hydrogen-bond donors (Lipinski definition) is 2. The zero-order valence-electron chi connectivity index (χ0n) is 16.8. The maximum absolute atomic E-state index is 12.5. The summed E-state index contributed by atoms with van der Waals surface area (Å²) in [6, 6.07) is 11.5. The molecule has 30 heavy (non-hydrogen) atoms. The summed E-state index contributed by atoms with van der Waals surface area (Å²) in [6.45, 7) is 4.32. The van der Waals surface area contributed by atoms with Crippen molar-refractivity contribution in [2.24, 2.45) is 5.92 Å². The molecule has 2 N–H and O–H groups in total. The number of benzene rings is 1. The van der Waals surface area contributed by atoms with Crippen molar-refractivity contribution in [3.05, 3.63) is 65.6 Å². The minimum atomic E-state index is -3.53. The SMILES string of the molecule is Cc1cc(C)n(-c2ccc(C(=O)Nc3ccc(S(=O)(=O)NCC4CC4)cc3)cn2)n1. The number of anilines is 1. The van der Waals surface area contributed by atoms with Crippen LogP contribution in [0.25, 0.3) is 5.82 Å². The van der Waals surface area contributed by atoms with Gasteiger partial charge in [0.25, 0.3) is 5.91 Å². The molecular formula is C21H23N5O3S. The molecule has 1 aromatic carbocycles. The number of nitrogens with zero attached hydrogens (tertiary/aromatic N) is 3. The zero-order chi connectivity index (χ0) is 21.3. The van der Waals surface area contributed by atoms with Gasteiger partial charge < -0.3 is 5.32 Å². The van der Waals surface area contributed by atoms with E-state index in [9.17, 15) is 13.2 Å². The van der Waals surface area contributed by atoms with Gasteiger partial charge in [-0.3, -0.25) is 4.79 Å². The molecule has 0 atom stereocenters. The number of amides is 1. The average Bonchev–Trinajstić information content (AvgIpc) is 3.50. The third kappa shape index (κ3) is 4.58. The van der Waals surface area contributed by atoms with Crippen LogP contribution in [0.15, 0.2) is 53.6 Å². The molecule has 0 aliphatic heterocycles. The van der Waals surface area contributed by atoms with Crippen LogP contribution in [-0.4, -0.2) is 35.6 Å². The number of nitrogens with one attached hydrogen (secondary N) is 2. The number of pyridine rings is 1. The minimum Gasteiger partial charge on any atom is -0.322 e. The second-order valence-electron chi connectivity index (χ2n) is 7.52. The Balaban J connectivity index is 1.41. The van der Waals surface area contributed by atoms with E-state index in [0.29, 0.717) is 29.5 Å². The molecule has 1 aliphatic carbocycles. The van der Waals surface area contributed by atoms with Crippen LogP contribution in [0.4, 0.5) is 5.69 Å². The first-order chi connectivity index (χ1) is 14.3. The Morgan fingerprint density at radius 1 is 1.13 bits per heavy atom. The quantitative estimate of drug-likeness (QED) is 0.605. The molecule has 1 fully saturated rings. The third-order valence-electron chi connectivity index (χ3n) is 4.92. The number of aryl methyl sites for hydroxylation is 2. The second kappa shape index (κ2) is 8.00. The van der Waals surface area contributed by atoms with Crippen molar-refractivity contribution >= 4 is 21.6 Å². The highest BCUT2D eigenvalue weighted by atomic mass is 32.2. The van der Waals surface area contributed by atoms with Crippen molar-refractivity contribution < 1.29 is 13.2 Å². The Morgan fingerprint density at radius 3 is 2.43 bits per heavy atom. The van der Waals surface area contributed by atoms with Crippen molar-refractivity contribution in [2.75, 3.05) is 11.9 Å². The fourth-order valence-corrected chi connectivity index (χ4v) is 4.18. The van der Waals surface area contributed by atoms with Gasteiger partial charge in [-0.15, -0.1) is 0 Å². The highest BCUT2D eigenvalue weighted by Gasteiger charge is 2.24. The van der Waals surface area contributed by atoms with E-state index in [1.165, 1.54) is 18.3 Å². The molecule has 3 aromatic rings. The van der Waals surface area contributed by atoms with Crippen molar-refractivity contribution in [3.63, 3.8) is 0 Å². The summed E-state index contributed by atoms with van der Waals surface area (Å²) in [7, 11) is -3.53. The number of sulfonamides is 1. The normalized spacial score (nSPS) is 13.9. The lowest BCUT2D eigenvalue weighted by molar-refractivity contribution is 0.102. The second-order valence-corrected chi connectivity index (χ2v) is 9.28. The van der Waals surface area contributed by atoms with Gasteiger partial charge in [0.2, 0.25) is 10.0 Å². The van der Waals surface area contributed by atoms with E-state index in [0.717, 1.165) is 24.2 Å². The van der Waals surface area contributed by atoms with Crippen molar-refractivity contribution in [1.29, 1.82) is 0 Å². The van der Waals surface area contributed by atoms with E-state index in [-0.39, 0.29) is 10.8 Å². The maximum Gasteiger partial charge on any atom is 0.257 e. The summed E-state index contributed by atoms with van der Waals surface area (Å²) in [6.07, 6.45) is 3.64. The molecule has 2 aromatic heterocycles. The van der Waals surface area contributed by atoms with Crippen LogP contribution in [0.1, 0.15) is 34.6 Å². The van der Waals surface area contributed by atoms with E-state index >= 15 is 0 Å². The van der Waals surface area contributed by atoms with Gasteiger partial charge in [0.05, 0.1) is 16.2 Å². The third-order valence-corrected chi connectivity index (χ3v) is 6.36. The molecule has 0 unspecified atom stereocenters. The molecule has 0 saturated heterocycles. The Kier molecular flexibility index (Phi) is 5.40. The number of hydrogen-bond acceptors (Lipinski definition) is 5. The van der Waals surface area contributed by atoms with E-state index in [1.807, 2.05) is 19.9 Å². The summed E-state index contributed by atoms with van der Waals surface area (Å²) < 4.78 is 28.9. The fourth-order valence-electron chi connectivity index (χ4n) is 3.06. The van der Waals surface area contributed by atoms with Gasteiger partial charge in [0, 0.05) is 24.1 Å². The Labute approximate surface area is 175 Å². The molecule has 8 nitrogen and oxygen atoms in total. The number of aromatic nitrogens is 3. The largest absolute Gasteiger partial charge is 0.322 e. The lowest BCUT2D eigenvalue weighted by atomic mass is 10.2. The first-order valence-corrected chi connectivity index (χ1v) is 11.2. The van der Waals surface area contributed by atoms with Crippen LogP contribution in [-0.2, 0) is 10.0 Å². The molecule has 1 amide bonds. The van der Waals surface area contributed by atoms with Gasteiger partial charge >= 0.3 is 0 Å². The van der Waals surface area contributed by atoms with Crippen LogP contribution in [0, 0.1) is 19.8 Å². The number of carbonyl (C=O) groups excluding carboxylic acids is 1. The molecule has 0 radical (unpaired) electrons. The van der Waals surface area contributed by atoms with Crippen LogP contribution >= 0.6 is 0 Å². The van der Waals surface area contributed by atoms with Gasteiger partial charge in [-0.1, -0.05) is 0 Å². The Morgan fingerprint density at radius 2 is 1.87 bits per heavy atom. The highest BCUT2D eigenvalue weighted by Crippen LogP contribution is 2.28. The average molecular weight is 426 g/mol. The summed E-state index contributed by atoms with van der Waals surface area (Å²) >= 11 is 0. The predicted molar refractivity (Wildman–Crippen MR) is 113 cm³/mol. The molecule has 0 spiro atoms. The van der Waals surface area contributed by atoms with Gasteiger partial charge in [-0.05, 0) is 75.1 Å². The summed E-state index contributed by atoms with van der Waals surface area (Å²) in [4.78, 5) is 17.0. The maximum atomic E-state index is 12.5. The van der Waals surface area contributed by atoms with Crippen LogP contribution in [0.2, 0.25) is 0 Å². The molecular weight excluding hydrogens is 402 g/mol. The van der Waals surface area contributed by atoms with Crippen LogP contribution in [0.3, 0.4) is 0 Å². The monoisotopic (exact) mass is 425 g/mol. The van der Waals surface area contributed by atoms with E-state index in [2.05, 4.69) is 20.1 Å². The van der Waals surface area contributed by atoms with Crippen molar-refractivity contribution in [1.82, 2.24) is 19.5 Å². The van der Waals surface area contributed by atoms with Crippen molar-refractivity contribution in [3.8, 4) is 5.82 Å². The molecule has 9 heteroatoms. The molecule has 0 bridgehead atoms. The number of carbonyl (C=O) groups is 1. The molecule has 156 valence electrons. The summed E-state index contributed by atoms with van der Waals surface area (Å²) in [5, 5.41) is 7.13. The van der Waals surface area contributed by atoms with Crippen LogP contribution < -0.4 is 10.0 Å². The van der Waals surface area contributed by atoms with Gasteiger partial charge in [0.15, 0.2) is 5.82 Å². The van der Waals surface area contributed by atoms with Gasteiger partial charge in [-0.2, -0.15) is 5.10 Å². The molecule has 1 saturated carbocycles. The molecule has 4 rings (SSSR count). The number of rotatable bonds is 7. The zero-order valence-corrected chi connectivity index (χ0v) is 17.6. The summed E-state index contributed by atoms with van der Waals surface area (Å²) in [5.74, 6) is 0.759. The Bertz CT molecular complexity index is 1160. The first-order valence-electron chi connectivity index (χ1n) is 9.72. The predicted octanol–water partition coefficient (Wildman–Crippen LogP) is 2.82. The van der Waals surface area contributed by atoms with E-state index in [4.69, 9.17) is 0 Å².